The molecule has 1 aromatic heterocycles. The Kier molecular flexibility index (Phi) is 3.70. The number of H-pyrrole nitrogens is 1. The summed E-state index contributed by atoms with van der Waals surface area (Å²) in [5.41, 5.74) is 3.58. The Morgan fingerprint density at radius 3 is 3.10 bits per heavy atom. The quantitative estimate of drug-likeness (QED) is 0.914. The number of aromatic nitrogens is 1. The first kappa shape index (κ1) is 13.5. The van der Waals surface area contributed by atoms with E-state index in [1.807, 2.05) is 23.1 Å². The summed E-state index contributed by atoms with van der Waals surface area (Å²) in [5.74, 6) is 0.279. The van der Waals surface area contributed by atoms with Gasteiger partial charge in [0.2, 0.25) is 5.91 Å². The fraction of sp³-hybridized carbons (Fsp3) is 0.438. The van der Waals surface area contributed by atoms with Crippen LogP contribution in [-0.4, -0.2) is 22.3 Å². The van der Waals surface area contributed by atoms with Gasteiger partial charge in [-0.25, -0.2) is 0 Å². The van der Waals surface area contributed by atoms with E-state index in [0.29, 0.717) is 6.42 Å². The molecule has 1 N–H and O–H groups in total. The van der Waals surface area contributed by atoms with Crippen molar-refractivity contribution in [1.29, 1.82) is 0 Å². The van der Waals surface area contributed by atoms with Gasteiger partial charge in [-0.05, 0) is 18.6 Å². The molecule has 2 aromatic rings. The third kappa shape index (κ3) is 2.42. The van der Waals surface area contributed by atoms with Crippen molar-refractivity contribution in [1.82, 2.24) is 9.88 Å². The van der Waals surface area contributed by atoms with Gasteiger partial charge in [-0.3, -0.25) is 4.79 Å². The number of rotatable bonds is 3. The fourth-order valence-electron chi connectivity index (χ4n) is 2.89. The molecule has 1 aliphatic heterocycles. The van der Waals surface area contributed by atoms with Crippen molar-refractivity contribution in [3.63, 3.8) is 0 Å². The van der Waals surface area contributed by atoms with E-state index in [9.17, 15) is 4.79 Å². The monoisotopic (exact) mass is 290 g/mol. The summed E-state index contributed by atoms with van der Waals surface area (Å²) in [6.07, 6.45) is 3.61. The number of unbranched alkanes of at least 4 members (excludes halogenated alkanes) is 1. The Morgan fingerprint density at radius 1 is 1.45 bits per heavy atom. The van der Waals surface area contributed by atoms with Crippen molar-refractivity contribution in [2.45, 2.75) is 39.2 Å². The lowest BCUT2D eigenvalue weighted by Gasteiger charge is -2.27. The van der Waals surface area contributed by atoms with Gasteiger partial charge in [-0.2, -0.15) is 0 Å². The molecule has 4 heteroatoms. The maximum absolute atomic E-state index is 12.2. The normalized spacial score (nSPS) is 14.6. The summed E-state index contributed by atoms with van der Waals surface area (Å²) >= 11 is 6.03. The molecule has 3 rings (SSSR count). The number of nitrogens with zero attached hydrogens (tertiary/aromatic N) is 1. The van der Waals surface area contributed by atoms with Crippen LogP contribution in [0.1, 0.15) is 37.4 Å². The number of aromatic amines is 1. The van der Waals surface area contributed by atoms with E-state index in [1.54, 1.807) is 0 Å². The predicted octanol–water partition coefficient (Wildman–Crippen LogP) is 3.90. The van der Waals surface area contributed by atoms with Crippen molar-refractivity contribution < 1.29 is 4.79 Å². The van der Waals surface area contributed by atoms with Crippen LogP contribution in [0.4, 0.5) is 0 Å². The largest absolute Gasteiger partial charge is 0.358 e. The summed E-state index contributed by atoms with van der Waals surface area (Å²) in [5, 5.41) is 1.93. The third-order valence-corrected chi connectivity index (χ3v) is 4.27. The Hall–Kier alpha value is -1.48. The molecule has 0 bridgehead atoms. The molecule has 0 atom stereocenters. The Labute approximate surface area is 123 Å². The maximum Gasteiger partial charge on any atom is 0.222 e. The highest BCUT2D eigenvalue weighted by atomic mass is 35.5. The number of nitrogens with one attached hydrogen (secondary N) is 1. The lowest BCUT2D eigenvalue weighted by Crippen LogP contribution is -2.35. The number of hydrogen-bond donors (Lipinski definition) is 1. The fourth-order valence-corrected chi connectivity index (χ4v) is 3.07. The molecule has 3 nitrogen and oxygen atoms in total. The molecule has 0 saturated heterocycles. The van der Waals surface area contributed by atoms with Crippen LogP contribution in [-0.2, 0) is 17.8 Å². The summed E-state index contributed by atoms with van der Waals surface area (Å²) in [4.78, 5) is 17.6. The van der Waals surface area contributed by atoms with E-state index < -0.39 is 0 Å². The molecule has 20 heavy (non-hydrogen) atoms. The molecule has 0 saturated carbocycles. The molecule has 0 unspecified atom stereocenters. The lowest BCUT2D eigenvalue weighted by molar-refractivity contribution is -0.132. The Morgan fingerprint density at radius 2 is 2.30 bits per heavy atom. The van der Waals surface area contributed by atoms with Gasteiger partial charge < -0.3 is 9.88 Å². The number of halogens is 1. The van der Waals surface area contributed by atoms with Gasteiger partial charge in [-0.15, -0.1) is 0 Å². The highest BCUT2D eigenvalue weighted by molar-refractivity contribution is 6.31. The van der Waals surface area contributed by atoms with E-state index in [-0.39, 0.29) is 5.91 Å². The molecular weight excluding hydrogens is 272 g/mol. The average Bonchev–Trinajstić information content (AvgIpc) is 2.81. The number of carbonyl (C=O) groups is 1. The molecule has 0 aliphatic carbocycles. The summed E-state index contributed by atoms with van der Waals surface area (Å²) in [6.45, 7) is 3.65. The topological polar surface area (TPSA) is 36.1 Å². The molecule has 1 aliphatic rings. The molecular formula is C16H19ClN2O. The van der Waals surface area contributed by atoms with Crippen LogP contribution in [0.3, 0.4) is 0 Å². The number of amides is 1. The highest BCUT2D eigenvalue weighted by Crippen LogP contribution is 2.29. The molecule has 1 aromatic carbocycles. The molecule has 0 radical (unpaired) electrons. The second kappa shape index (κ2) is 5.49. The smallest absolute Gasteiger partial charge is 0.222 e. The van der Waals surface area contributed by atoms with E-state index in [4.69, 9.17) is 11.6 Å². The van der Waals surface area contributed by atoms with Gasteiger partial charge in [-0.1, -0.05) is 31.0 Å². The zero-order valence-electron chi connectivity index (χ0n) is 11.7. The van der Waals surface area contributed by atoms with Gasteiger partial charge >= 0.3 is 0 Å². The second-order valence-electron chi connectivity index (χ2n) is 5.44. The first-order chi connectivity index (χ1) is 9.69. The van der Waals surface area contributed by atoms with Crippen LogP contribution in [0.15, 0.2) is 18.2 Å². The number of benzene rings is 1. The van der Waals surface area contributed by atoms with Crippen LogP contribution in [0.25, 0.3) is 10.9 Å². The van der Waals surface area contributed by atoms with Gasteiger partial charge in [0.1, 0.15) is 0 Å². The van der Waals surface area contributed by atoms with Gasteiger partial charge in [0.15, 0.2) is 0 Å². The SMILES string of the molecule is CCCCC(=O)N1CCc2[nH]c3cc(Cl)ccc3c2C1. The van der Waals surface area contributed by atoms with Gasteiger partial charge in [0.05, 0.1) is 0 Å². The van der Waals surface area contributed by atoms with Crippen molar-refractivity contribution in [2.24, 2.45) is 0 Å². The minimum Gasteiger partial charge on any atom is -0.358 e. The molecule has 2 heterocycles. The molecule has 106 valence electrons. The number of hydrogen-bond acceptors (Lipinski definition) is 1. The van der Waals surface area contributed by atoms with Crippen molar-refractivity contribution >= 4 is 28.4 Å². The van der Waals surface area contributed by atoms with Gasteiger partial charge in [0, 0.05) is 53.1 Å². The summed E-state index contributed by atoms with van der Waals surface area (Å²) < 4.78 is 0. The Bertz CT molecular complexity index is 647. The predicted molar refractivity (Wildman–Crippen MR) is 82.0 cm³/mol. The van der Waals surface area contributed by atoms with Crippen LogP contribution in [0.2, 0.25) is 5.02 Å². The minimum absolute atomic E-state index is 0.279. The molecule has 1 amide bonds. The van der Waals surface area contributed by atoms with Crippen molar-refractivity contribution in [3.8, 4) is 0 Å². The van der Waals surface area contributed by atoms with Crippen LogP contribution in [0.5, 0.6) is 0 Å². The van der Waals surface area contributed by atoms with Crippen molar-refractivity contribution in [2.75, 3.05) is 6.54 Å². The highest BCUT2D eigenvalue weighted by Gasteiger charge is 2.23. The van der Waals surface area contributed by atoms with Crippen LogP contribution in [0, 0.1) is 0 Å². The maximum atomic E-state index is 12.2. The van der Waals surface area contributed by atoms with Crippen LogP contribution < -0.4 is 0 Å². The first-order valence-corrected chi connectivity index (χ1v) is 7.63. The van der Waals surface area contributed by atoms with E-state index in [1.165, 1.54) is 16.6 Å². The van der Waals surface area contributed by atoms with E-state index >= 15 is 0 Å². The lowest BCUT2D eigenvalue weighted by atomic mass is 10.0. The molecule has 0 spiro atoms. The Balaban J connectivity index is 1.87. The van der Waals surface area contributed by atoms with E-state index in [2.05, 4.69) is 11.9 Å². The summed E-state index contributed by atoms with van der Waals surface area (Å²) in [7, 11) is 0. The summed E-state index contributed by atoms with van der Waals surface area (Å²) in [6, 6.07) is 5.92. The standard InChI is InChI=1S/C16H19ClN2O/c1-2-3-4-16(20)19-8-7-14-13(10-19)12-6-5-11(17)9-15(12)18-14/h5-6,9,18H,2-4,7-8,10H2,1H3. The first-order valence-electron chi connectivity index (χ1n) is 7.25. The number of fused-ring (bicyclic) bond motifs is 3. The van der Waals surface area contributed by atoms with E-state index in [0.717, 1.165) is 42.9 Å². The second-order valence-corrected chi connectivity index (χ2v) is 5.88. The van der Waals surface area contributed by atoms with Crippen LogP contribution >= 0.6 is 11.6 Å². The zero-order valence-corrected chi connectivity index (χ0v) is 12.5. The minimum atomic E-state index is 0.279. The zero-order chi connectivity index (χ0) is 14.1. The molecule has 0 fully saturated rings. The van der Waals surface area contributed by atoms with Gasteiger partial charge in [0.25, 0.3) is 0 Å². The third-order valence-electron chi connectivity index (χ3n) is 4.03. The van der Waals surface area contributed by atoms with Crippen molar-refractivity contribution in [3.05, 3.63) is 34.5 Å². The average molecular weight is 291 g/mol. The number of carbonyl (C=O) groups excluding carboxylic acids is 1.